The van der Waals surface area contributed by atoms with Crippen LogP contribution in [0.1, 0.15) is 12.0 Å². The van der Waals surface area contributed by atoms with Crippen molar-refractivity contribution in [2.24, 2.45) is 0 Å². The third kappa shape index (κ3) is 2.24. The van der Waals surface area contributed by atoms with E-state index >= 15 is 0 Å². The van der Waals surface area contributed by atoms with Gasteiger partial charge in [-0.3, -0.25) is 4.79 Å². The lowest BCUT2D eigenvalue weighted by atomic mass is 9.95. The molecule has 0 fully saturated rings. The smallest absolute Gasteiger partial charge is 0.159 e. The van der Waals surface area contributed by atoms with Crippen LogP contribution in [0, 0.1) is 0 Å². The molecule has 1 aliphatic carbocycles. The molecule has 0 unspecified atom stereocenters. The first kappa shape index (κ1) is 13.3. The Bertz CT molecular complexity index is 980. The van der Waals surface area contributed by atoms with Gasteiger partial charge >= 0.3 is 0 Å². The Balaban J connectivity index is 1.90. The second-order valence-electron chi connectivity index (χ2n) is 5.54. The van der Waals surface area contributed by atoms with E-state index in [2.05, 4.69) is 36.4 Å². The molecule has 0 aromatic heterocycles. The molecule has 1 aliphatic rings. The Hall–Kier alpha value is -2.38. The van der Waals surface area contributed by atoms with E-state index in [1.54, 1.807) is 6.08 Å². The first-order valence-corrected chi connectivity index (χ1v) is 7.62. The lowest BCUT2D eigenvalue weighted by molar-refractivity contribution is -0.113. The predicted octanol–water partition coefficient (Wildman–Crippen LogP) is 5.56. The average molecular weight is 305 g/mol. The molecule has 0 radical (unpaired) electrons. The molecule has 0 bridgehead atoms. The largest absolute Gasteiger partial charge is 0.295 e. The highest BCUT2D eigenvalue weighted by molar-refractivity contribution is 6.35. The van der Waals surface area contributed by atoms with E-state index in [0.29, 0.717) is 6.42 Å². The van der Waals surface area contributed by atoms with E-state index in [4.69, 9.17) is 11.6 Å². The van der Waals surface area contributed by atoms with Crippen molar-refractivity contribution in [3.63, 3.8) is 0 Å². The highest BCUT2D eigenvalue weighted by Crippen LogP contribution is 2.30. The molecule has 0 N–H and O–H groups in total. The van der Waals surface area contributed by atoms with Gasteiger partial charge in [0, 0.05) is 16.8 Å². The van der Waals surface area contributed by atoms with Gasteiger partial charge in [0.25, 0.3) is 0 Å². The van der Waals surface area contributed by atoms with Crippen LogP contribution < -0.4 is 0 Å². The summed E-state index contributed by atoms with van der Waals surface area (Å²) in [6.07, 6.45) is 6.00. The normalized spacial score (nSPS) is 14.6. The number of fused-ring (bicyclic) bond motifs is 2. The minimum atomic E-state index is 0.155. The summed E-state index contributed by atoms with van der Waals surface area (Å²) in [5.74, 6) is 0.155. The van der Waals surface area contributed by atoms with Gasteiger partial charge in [0.15, 0.2) is 5.78 Å². The average Bonchev–Trinajstić information content (AvgIpc) is 2.54. The summed E-state index contributed by atoms with van der Waals surface area (Å²) in [4.78, 5) is 11.3. The number of ketones is 1. The van der Waals surface area contributed by atoms with Crippen molar-refractivity contribution in [2.45, 2.75) is 6.42 Å². The lowest BCUT2D eigenvalue weighted by Gasteiger charge is -2.09. The number of hydrogen-bond donors (Lipinski definition) is 0. The SMILES string of the molecule is O=C1C=CC(c2ccc3cc4cccc(Cl)c4cc3c2)=CC1. The van der Waals surface area contributed by atoms with Gasteiger partial charge in [0.2, 0.25) is 0 Å². The maximum Gasteiger partial charge on any atom is 0.159 e. The van der Waals surface area contributed by atoms with Gasteiger partial charge in [-0.15, -0.1) is 0 Å². The second kappa shape index (κ2) is 5.11. The molecule has 2 heteroatoms. The number of allylic oxidation sites excluding steroid dienone is 4. The Morgan fingerprint density at radius 3 is 2.59 bits per heavy atom. The summed E-state index contributed by atoms with van der Waals surface area (Å²) in [5, 5.41) is 5.33. The molecule has 0 spiro atoms. The summed E-state index contributed by atoms with van der Waals surface area (Å²) in [7, 11) is 0. The van der Waals surface area contributed by atoms with Crippen LogP contribution in [0.4, 0.5) is 0 Å². The predicted molar refractivity (Wildman–Crippen MR) is 93.2 cm³/mol. The van der Waals surface area contributed by atoms with Gasteiger partial charge in [-0.05, 0) is 57.6 Å². The molecular formula is C20H13ClO. The first-order valence-electron chi connectivity index (χ1n) is 7.24. The molecule has 1 nitrogen and oxygen atoms in total. The maximum absolute atomic E-state index is 11.3. The van der Waals surface area contributed by atoms with Gasteiger partial charge < -0.3 is 0 Å². The fourth-order valence-corrected chi connectivity index (χ4v) is 3.15. The second-order valence-corrected chi connectivity index (χ2v) is 5.95. The zero-order valence-electron chi connectivity index (χ0n) is 11.8. The number of rotatable bonds is 1. The van der Waals surface area contributed by atoms with Crippen LogP contribution in [0.15, 0.2) is 66.8 Å². The van der Waals surface area contributed by atoms with E-state index in [0.717, 1.165) is 32.3 Å². The highest BCUT2D eigenvalue weighted by atomic mass is 35.5. The van der Waals surface area contributed by atoms with Crippen LogP contribution in [-0.2, 0) is 4.79 Å². The van der Waals surface area contributed by atoms with Crippen LogP contribution in [-0.4, -0.2) is 5.78 Å². The number of hydrogen-bond acceptors (Lipinski definition) is 1. The van der Waals surface area contributed by atoms with Crippen LogP contribution in [0.3, 0.4) is 0 Å². The summed E-state index contributed by atoms with van der Waals surface area (Å²) in [5.41, 5.74) is 2.23. The maximum atomic E-state index is 11.3. The fraction of sp³-hybridized carbons (Fsp3) is 0.0500. The van der Waals surface area contributed by atoms with Crippen LogP contribution >= 0.6 is 11.6 Å². The number of carbonyl (C=O) groups excluding carboxylic acids is 1. The van der Waals surface area contributed by atoms with Crippen molar-refractivity contribution < 1.29 is 4.79 Å². The monoisotopic (exact) mass is 304 g/mol. The first-order chi connectivity index (χ1) is 10.7. The summed E-state index contributed by atoms with van der Waals surface area (Å²) >= 11 is 6.30. The third-order valence-corrected chi connectivity index (χ3v) is 4.42. The summed E-state index contributed by atoms with van der Waals surface area (Å²) in [6.45, 7) is 0. The summed E-state index contributed by atoms with van der Waals surface area (Å²) in [6, 6.07) is 16.6. The molecule has 3 aromatic carbocycles. The topological polar surface area (TPSA) is 17.1 Å². The van der Waals surface area contributed by atoms with Crippen molar-refractivity contribution in [1.29, 1.82) is 0 Å². The third-order valence-electron chi connectivity index (χ3n) is 4.09. The zero-order chi connectivity index (χ0) is 15.1. The number of benzene rings is 3. The molecular weight excluding hydrogens is 292 g/mol. The van der Waals surface area contributed by atoms with E-state index in [1.165, 1.54) is 5.39 Å². The molecule has 0 amide bonds. The molecule has 22 heavy (non-hydrogen) atoms. The molecule has 0 heterocycles. The van der Waals surface area contributed by atoms with E-state index in [9.17, 15) is 4.79 Å². The minimum Gasteiger partial charge on any atom is -0.295 e. The lowest BCUT2D eigenvalue weighted by Crippen LogP contribution is -1.96. The molecule has 0 saturated carbocycles. The summed E-state index contributed by atoms with van der Waals surface area (Å²) < 4.78 is 0. The molecule has 4 rings (SSSR count). The molecule has 106 valence electrons. The standard InChI is InChI=1S/C20H13ClO/c21-20-3-1-2-16-10-15-5-4-14(11-17(15)12-19(16)20)13-6-8-18(22)9-7-13/h1-8,10-12H,9H2. The number of halogens is 1. The van der Waals surface area contributed by atoms with Gasteiger partial charge in [-0.2, -0.15) is 0 Å². The van der Waals surface area contributed by atoms with Crippen LogP contribution in [0.25, 0.3) is 27.1 Å². The quantitative estimate of drug-likeness (QED) is 0.538. The van der Waals surface area contributed by atoms with Crippen molar-refractivity contribution in [3.05, 3.63) is 77.3 Å². The minimum absolute atomic E-state index is 0.155. The van der Waals surface area contributed by atoms with Crippen molar-refractivity contribution in [2.75, 3.05) is 0 Å². The number of carbonyl (C=O) groups is 1. The molecule has 0 saturated heterocycles. The van der Waals surface area contributed by atoms with Crippen molar-refractivity contribution >= 4 is 44.5 Å². The van der Waals surface area contributed by atoms with Crippen LogP contribution in [0.5, 0.6) is 0 Å². The Morgan fingerprint density at radius 2 is 1.77 bits per heavy atom. The van der Waals surface area contributed by atoms with Crippen molar-refractivity contribution in [3.8, 4) is 0 Å². The van der Waals surface area contributed by atoms with Gasteiger partial charge in [0.1, 0.15) is 0 Å². The molecule has 0 aliphatic heterocycles. The van der Waals surface area contributed by atoms with E-state index < -0.39 is 0 Å². The zero-order valence-corrected chi connectivity index (χ0v) is 12.6. The van der Waals surface area contributed by atoms with Crippen molar-refractivity contribution in [1.82, 2.24) is 0 Å². The molecule has 0 atom stereocenters. The Labute approximate surface area is 133 Å². The van der Waals surface area contributed by atoms with E-state index in [-0.39, 0.29) is 5.78 Å². The van der Waals surface area contributed by atoms with Crippen LogP contribution in [0.2, 0.25) is 5.02 Å². The highest BCUT2D eigenvalue weighted by Gasteiger charge is 2.07. The van der Waals surface area contributed by atoms with Gasteiger partial charge in [-0.1, -0.05) is 48.0 Å². The van der Waals surface area contributed by atoms with E-state index in [1.807, 2.05) is 24.3 Å². The van der Waals surface area contributed by atoms with Gasteiger partial charge in [0.05, 0.1) is 0 Å². The Kier molecular flexibility index (Phi) is 3.09. The Morgan fingerprint density at radius 1 is 0.864 bits per heavy atom. The molecule has 3 aromatic rings. The fourth-order valence-electron chi connectivity index (χ4n) is 2.91. The van der Waals surface area contributed by atoms with Gasteiger partial charge in [-0.25, -0.2) is 0 Å².